The summed E-state index contributed by atoms with van der Waals surface area (Å²) in [6.07, 6.45) is 9.17. The SMILES string of the molecule is N#CC=CC=CCCC1CCC(OCc2ccc(OC(F)(F)F)cc2)CC1. The van der Waals surface area contributed by atoms with Gasteiger partial charge >= 0.3 is 6.36 Å². The molecule has 0 heterocycles. The largest absolute Gasteiger partial charge is 0.573 e. The summed E-state index contributed by atoms with van der Waals surface area (Å²) in [4.78, 5) is 0. The minimum absolute atomic E-state index is 0.210. The van der Waals surface area contributed by atoms with Crippen LogP contribution in [0.15, 0.2) is 48.6 Å². The highest BCUT2D eigenvalue weighted by atomic mass is 19.4. The maximum atomic E-state index is 12.1. The molecular weight excluding hydrogens is 355 g/mol. The van der Waals surface area contributed by atoms with Gasteiger partial charge in [-0.05, 0) is 62.1 Å². The van der Waals surface area contributed by atoms with Crippen LogP contribution in [0.25, 0.3) is 0 Å². The third-order valence-corrected chi connectivity index (χ3v) is 4.60. The standard InChI is InChI=1S/C21H24F3NO2/c22-21(23,24)27-20-13-9-18(10-14-20)16-26-19-11-7-17(8-12-19)6-4-2-1-3-5-15-25/h1-3,5,9-10,13-14,17,19H,4,6-8,11-12,16H2. The number of allylic oxidation sites excluding steroid dienone is 4. The first-order chi connectivity index (χ1) is 13.0. The molecule has 27 heavy (non-hydrogen) atoms. The fourth-order valence-corrected chi connectivity index (χ4v) is 3.19. The lowest BCUT2D eigenvalue weighted by Crippen LogP contribution is -2.21. The molecule has 0 atom stereocenters. The van der Waals surface area contributed by atoms with Gasteiger partial charge in [-0.25, -0.2) is 0 Å². The first-order valence-corrected chi connectivity index (χ1v) is 9.14. The van der Waals surface area contributed by atoms with E-state index in [0.717, 1.165) is 44.1 Å². The Hall–Kier alpha value is -2.26. The summed E-state index contributed by atoms with van der Waals surface area (Å²) in [6.45, 7) is 0.398. The van der Waals surface area contributed by atoms with Crippen LogP contribution in [0.1, 0.15) is 44.1 Å². The van der Waals surface area contributed by atoms with E-state index >= 15 is 0 Å². The molecule has 6 heteroatoms. The lowest BCUT2D eigenvalue weighted by Gasteiger charge is -2.28. The van der Waals surface area contributed by atoms with Crippen LogP contribution in [0.5, 0.6) is 5.75 Å². The monoisotopic (exact) mass is 379 g/mol. The van der Waals surface area contributed by atoms with Crippen molar-refractivity contribution in [3.63, 3.8) is 0 Å². The second-order valence-electron chi connectivity index (χ2n) is 6.64. The third-order valence-electron chi connectivity index (χ3n) is 4.60. The number of nitriles is 1. The zero-order valence-corrected chi connectivity index (χ0v) is 15.1. The molecule has 0 radical (unpaired) electrons. The summed E-state index contributed by atoms with van der Waals surface area (Å²) < 4.78 is 46.2. The molecule has 0 amide bonds. The van der Waals surface area contributed by atoms with Crippen LogP contribution >= 0.6 is 0 Å². The molecule has 0 unspecified atom stereocenters. The first-order valence-electron chi connectivity index (χ1n) is 9.14. The average molecular weight is 379 g/mol. The minimum atomic E-state index is -4.67. The van der Waals surface area contributed by atoms with Crippen LogP contribution in [0.2, 0.25) is 0 Å². The van der Waals surface area contributed by atoms with Gasteiger partial charge in [-0.2, -0.15) is 5.26 Å². The molecule has 1 aliphatic rings. The Kier molecular flexibility index (Phi) is 8.41. The van der Waals surface area contributed by atoms with Crippen molar-refractivity contribution in [1.29, 1.82) is 5.26 Å². The number of hydrogen-bond donors (Lipinski definition) is 0. The average Bonchev–Trinajstić information content (AvgIpc) is 2.64. The Labute approximate surface area is 158 Å². The maximum absolute atomic E-state index is 12.1. The van der Waals surface area contributed by atoms with Crippen molar-refractivity contribution in [3.8, 4) is 11.8 Å². The molecule has 1 fully saturated rings. The number of nitrogens with zero attached hydrogens (tertiary/aromatic N) is 1. The Bertz CT molecular complexity index is 651. The first kappa shape index (κ1) is 21.0. The van der Waals surface area contributed by atoms with Gasteiger partial charge in [0, 0.05) is 6.08 Å². The Balaban J connectivity index is 1.64. The summed E-state index contributed by atoms with van der Waals surface area (Å²) in [6, 6.07) is 7.76. The summed E-state index contributed by atoms with van der Waals surface area (Å²) in [5, 5.41) is 8.39. The third kappa shape index (κ3) is 8.78. The molecular formula is C21H24F3NO2. The molecule has 0 saturated heterocycles. The molecule has 0 aromatic heterocycles. The fourth-order valence-electron chi connectivity index (χ4n) is 3.19. The molecule has 1 aromatic carbocycles. The zero-order chi connectivity index (χ0) is 19.5. The number of benzene rings is 1. The maximum Gasteiger partial charge on any atom is 0.573 e. The van der Waals surface area contributed by atoms with E-state index < -0.39 is 6.36 Å². The van der Waals surface area contributed by atoms with E-state index in [9.17, 15) is 13.2 Å². The van der Waals surface area contributed by atoms with Crippen LogP contribution in [0, 0.1) is 17.2 Å². The summed E-state index contributed by atoms with van der Waals surface area (Å²) in [7, 11) is 0. The predicted octanol–water partition coefficient (Wildman–Crippen LogP) is 6.08. The van der Waals surface area contributed by atoms with E-state index in [0.29, 0.717) is 12.5 Å². The number of alkyl halides is 3. The summed E-state index contributed by atoms with van der Waals surface area (Å²) in [5.74, 6) is 0.483. The summed E-state index contributed by atoms with van der Waals surface area (Å²) in [5.41, 5.74) is 0.835. The molecule has 0 spiro atoms. The van der Waals surface area contributed by atoms with E-state index in [1.807, 2.05) is 12.1 Å². The van der Waals surface area contributed by atoms with Crippen LogP contribution in [-0.2, 0) is 11.3 Å². The number of halogens is 3. The van der Waals surface area contributed by atoms with Gasteiger partial charge in [0.25, 0.3) is 0 Å². The lowest BCUT2D eigenvalue weighted by molar-refractivity contribution is -0.274. The smallest absolute Gasteiger partial charge is 0.406 e. The zero-order valence-electron chi connectivity index (χ0n) is 15.1. The molecule has 2 rings (SSSR count). The fraction of sp³-hybridized carbons (Fsp3) is 0.476. The van der Waals surface area contributed by atoms with Gasteiger partial charge in [0.1, 0.15) is 5.75 Å². The van der Waals surface area contributed by atoms with Crippen molar-refractivity contribution in [1.82, 2.24) is 0 Å². The highest BCUT2D eigenvalue weighted by Gasteiger charge is 2.31. The van der Waals surface area contributed by atoms with Crippen LogP contribution in [0.3, 0.4) is 0 Å². The van der Waals surface area contributed by atoms with Gasteiger partial charge in [0.2, 0.25) is 0 Å². The molecule has 3 nitrogen and oxygen atoms in total. The van der Waals surface area contributed by atoms with Crippen LogP contribution in [0.4, 0.5) is 13.2 Å². The van der Waals surface area contributed by atoms with E-state index in [1.54, 1.807) is 18.2 Å². The molecule has 146 valence electrons. The minimum Gasteiger partial charge on any atom is -0.406 e. The number of hydrogen-bond acceptors (Lipinski definition) is 3. The van der Waals surface area contributed by atoms with Crippen LogP contribution in [-0.4, -0.2) is 12.5 Å². The Morgan fingerprint density at radius 1 is 1.07 bits per heavy atom. The predicted molar refractivity (Wildman–Crippen MR) is 96.8 cm³/mol. The van der Waals surface area contributed by atoms with Gasteiger partial charge in [0.05, 0.1) is 18.8 Å². The van der Waals surface area contributed by atoms with Gasteiger partial charge < -0.3 is 9.47 Å². The van der Waals surface area contributed by atoms with E-state index in [4.69, 9.17) is 10.00 Å². The van der Waals surface area contributed by atoms with E-state index in [1.165, 1.54) is 18.2 Å². The number of rotatable bonds is 8. The van der Waals surface area contributed by atoms with Gasteiger partial charge in [0.15, 0.2) is 0 Å². The van der Waals surface area contributed by atoms with E-state index in [2.05, 4.69) is 10.8 Å². The highest BCUT2D eigenvalue weighted by molar-refractivity contribution is 5.27. The molecule has 1 aliphatic carbocycles. The normalized spacial score (nSPS) is 20.8. The second kappa shape index (κ2) is 10.8. The lowest BCUT2D eigenvalue weighted by atomic mass is 9.84. The Morgan fingerprint density at radius 2 is 1.78 bits per heavy atom. The van der Waals surface area contributed by atoms with Gasteiger partial charge in [-0.3, -0.25) is 0 Å². The van der Waals surface area contributed by atoms with Gasteiger partial charge in [-0.1, -0.05) is 30.4 Å². The van der Waals surface area contributed by atoms with Crippen molar-refractivity contribution in [2.45, 2.75) is 57.6 Å². The number of ether oxygens (including phenoxy) is 2. The second-order valence-corrected chi connectivity index (χ2v) is 6.64. The van der Waals surface area contributed by atoms with Crippen molar-refractivity contribution >= 4 is 0 Å². The molecule has 0 N–H and O–H groups in total. The van der Waals surface area contributed by atoms with Crippen molar-refractivity contribution in [3.05, 3.63) is 54.1 Å². The molecule has 1 aromatic rings. The molecule has 1 saturated carbocycles. The topological polar surface area (TPSA) is 42.2 Å². The van der Waals surface area contributed by atoms with Crippen LogP contribution < -0.4 is 4.74 Å². The molecule has 0 bridgehead atoms. The molecule has 0 aliphatic heterocycles. The van der Waals surface area contributed by atoms with E-state index in [-0.39, 0.29) is 11.9 Å². The van der Waals surface area contributed by atoms with Gasteiger partial charge in [-0.15, -0.1) is 13.2 Å². The highest BCUT2D eigenvalue weighted by Crippen LogP contribution is 2.30. The summed E-state index contributed by atoms with van der Waals surface area (Å²) >= 11 is 0. The van der Waals surface area contributed by atoms with Crippen molar-refractivity contribution in [2.75, 3.05) is 0 Å². The van der Waals surface area contributed by atoms with Crippen molar-refractivity contribution in [2.24, 2.45) is 5.92 Å². The Morgan fingerprint density at radius 3 is 2.41 bits per heavy atom. The quantitative estimate of drug-likeness (QED) is 0.406. The van der Waals surface area contributed by atoms with Crippen molar-refractivity contribution < 1.29 is 22.6 Å².